The van der Waals surface area contributed by atoms with E-state index in [4.69, 9.17) is 0 Å². The number of likely N-dealkylation sites (tertiary alicyclic amines) is 1. The normalized spacial score (nSPS) is 22.3. The lowest BCUT2D eigenvalue weighted by Crippen LogP contribution is -2.49. The Morgan fingerprint density at radius 3 is 2.86 bits per heavy atom. The minimum Gasteiger partial charge on any atom is -0.480 e. The van der Waals surface area contributed by atoms with E-state index in [1.807, 2.05) is 13.0 Å². The third kappa shape index (κ3) is 4.54. The van der Waals surface area contributed by atoms with Crippen LogP contribution in [-0.2, 0) is 16.0 Å². The number of thiophene rings is 1. The van der Waals surface area contributed by atoms with Crippen molar-refractivity contribution in [3.63, 3.8) is 0 Å². The molecule has 2 rings (SSSR count). The van der Waals surface area contributed by atoms with Crippen molar-refractivity contribution in [2.75, 3.05) is 6.54 Å². The van der Waals surface area contributed by atoms with E-state index >= 15 is 0 Å². The molecule has 4 nitrogen and oxygen atoms in total. The molecule has 1 aliphatic heterocycles. The maximum Gasteiger partial charge on any atom is 0.326 e. The van der Waals surface area contributed by atoms with Crippen molar-refractivity contribution >= 4 is 39.1 Å². The highest BCUT2D eigenvalue weighted by Gasteiger charge is 2.34. The number of carboxylic acid groups (broad SMARTS) is 1. The van der Waals surface area contributed by atoms with Gasteiger partial charge in [-0.2, -0.15) is 0 Å². The zero-order chi connectivity index (χ0) is 15.4. The van der Waals surface area contributed by atoms with Crippen molar-refractivity contribution in [2.24, 2.45) is 5.92 Å². The number of aryl methyl sites for hydroxylation is 1. The highest BCUT2D eigenvalue weighted by atomic mass is 79.9. The van der Waals surface area contributed by atoms with Crippen LogP contribution in [0.4, 0.5) is 0 Å². The summed E-state index contributed by atoms with van der Waals surface area (Å²) < 4.78 is 1.10. The molecule has 1 N–H and O–H groups in total. The number of amides is 1. The highest BCUT2D eigenvalue weighted by molar-refractivity contribution is 9.11. The second-order valence-electron chi connectivity index (χ2n) is 5.63. The number of rotatable bonds is 5. The number of halogens is 1. The molecule has 1 aromatic rings. The van der Waals surface area contributed by atoms with Crippen LogP contribution in [0.15, 0.2) is 15.9 Å². The highest BCUT2D eigenvalue weighted by Crippen LogP contribution is 2.25. The minimum atomic E-state index is -0.878. The fourth-order valence-corrected chi connectivity index (χ4v) is 4.24. The van der Waals surface area contributed by atoms with Crippen molar-refractivity contribution < 1.29 is 14.7 Å². The molecular weight excluding hydrogens is 354 g/mol. The van der Waals surface area contributed by atoms with Gasteiger partial charge in [0.1, 0.15) is 6.04 Å². The molecule has 116 valence electrons. The molecule has 0 saturated carbocycles. The van der Waals surface area contributed by atoms with Gasteiger partial charge >= 0.3 is 5.97 Å². The molecular formula is C15H20BrNO3S. The number of hydrogen-bond acceptors (Lipinski definition) is 3. The molecule has 2 atom stereocenters. The summed E-state index contributed by atoms with van der Waals surface area (Å²) in [6.07, 6.45) is 3.52. The molecule has 6 heteroatoms. The molecule has 0 aliphatic carbocycles. The van der Waals surface area contributed by atoms with Crippen LogP contribution in [0.25, 0.3) is 0 Å². The lowest BCUT2D eigenvalue weighted by atomic mass is 9.92. The van der Waals surface area contributed by atoms with Crippen molar-refractivity contribution in [1.82, 2.24) is 4.90 Å². The molecule has 0 spiro atoms. The summed E-state index contributed by atoms with van der Waals surface area (Å²) in [7, 11) is 0. The monoisotopic (exact) mass is 373 g/mol. The second-order valence-corrected chi connectivity index (χ2v) is 8.18. The summed E-state index contributed by atoms with van der Waals surface area (Å²) in [4.78, 5) is 26.4. The first-order chi connectivity index (χ1) is 9.97. The largest absolute Gasteiger partial charge is 0.480 e. The SMILES string of the molecule is CC1CCN(C(=O)CCCc2ccc(Br)s2)C(C(=O)O)C1. The number of carbonyl (C=O) groups is 2. The van der Waals surface area contributed by atoms with Gasteiger partial charge in [-0.15, -0.1) is 11.3 Å². The van der Waals surface area contributed by atoms with Crippen molar-refractivity contribution in [3.05, 3.63) is 20.8 Å². The van der Waals surface area contributed by atoms with E-state index in [2.05, 4.69) is 22.0 Å². The van der Waals surface area contributed by atoms with E-state index in [1.54, 1.807) is 16.2 Å². The molecule has 2 heterocycles. The Balaban J connectivity index is 1.85. The quantitative estimate of drug-likeness (QED) is 0.858. The van der Waals surface area contributed by atoms with Gasteiger partial charge in [-0.05, 0) is 59.7 Å². The lowest BCUT2D eigenvalue weighted by Gasteiger charge is -2.36. The molecule has 1 aliphatic rings. The summed E-state index contributed by atoms with van der Waals surface area (Å²) in [5.74, 6) is -0.527. The predicted octanol–water partition coefficient (Wildman–Crippen LogP) is 3.55. The van der Waals surface area contributed by atoms with E-state index in [-0.39, 0.29) is 5.91 Å². The fourth-order valence-electron chi connectivity index (χ4n) is 2.72. The molecule has 1 aromatic heterocycles. The summed E-state index contributed by atoms with van der Waals surface area (Å²) >= 11 is 5.10. The predicted molar refractivity (Wildman–Crippen MR) is 86.5 cm³/mol. The fraction of sp³-hybridized carbons (Fsp3) is 0.600. The van der Waals surface area contributed by atoms with Crippen LogP contribution in [-0.4, -0.2) is 34.5 Å². The van der Waals surface area contributed by atoms with Gasteiger partial charge in [0.25, 0.3) is 0 Å². The zero-order valence-electron chi connectivity index (χ0n) is 12.0. The van der Waals surface area contributed by atoms with Gasteiger partial charge in [0.15, 0.2) is 0 Å². The van der Waals surface area contributed by atoms with Gasteiger partial charge < -0.3 is 10.0 Å². The van der Waals surface area contributed by atoms with Crippen LogP contribution in [0.1, 0.15) is 37.5 Å². The van der Waals surface area contributed by atoms with Gasteiger partial charge in [0.2, 0.25) is 5.91 Å². The van der Waals surface area contributed by atoms with Crippen LogP contribution in [0.5, 0.6) is 0 Å². The number of carbonyl (C=O) groups excluding carboxylic acids is 1. The van der Waals surface area contributed by atoms with Gasteiger partial charge in [-0.3, -0.25) is 4.79 Å². The second kappa shape index (κ2) is 7.40. The summed E-state index contributed by atoms with van der Waals surface area (Å²) in [6, 6.07) is 3.42. The number of aliphatic carboxylic acids is 1. The van der Waals surface area contributed by atoms with Crippen LogP contribution in [0.2, 0.25) is 0 Å². The van der Waals surface area contributed by atoms with Crippen LogP contribution in [0.3, 0.4) is 0 Å². The first-order valence-corrected chi connectivity index (χ1v) is 8.85. The molecule has 0 aromatic carbocycles. The van der Waals surface area contributed by atoms with Gasteiger partial charge in [-0.25, -0.2) is 4.79 Å². The Morgan fingerprint density at radius 1 is 1.48 bits per heavy atom. The van der Waals surface area contributed by atoms with Gasteiger partial charge in [0.05, 0.1) is 3.79 Å². The first-order valence-electron chi connectivity index (χ1n) is 7.24. The lowest BCUT2D eigenvalue weighted by molar-refractivity contribution is -0.153. The smallest absolute Gasteiger partial charge is 0.326 e. The van der Waals surface area contributed by atoms with Crippen LogP contribution < -0.4 is 0 Å². The Labute approximate surface area is 137 Å². The summed E-state index contributed by atoms with van der Waals surface area (Å²) in [6.45, 7) is 2.62. The third-order valence-electron chi connectivity index (χ3n) is 3.91. The molecule has 21 heavy (non-hydrogen) atoms. The van der Waals surface area contributed by atoms with E-state index < -0.39 is 12.0 Å². The third-order valence-corrected chi connectivity index (χ3v) is 5.60. The van der Waals surface area contributed by atoms with Crippen LogP contribution >= 0.6 is 27.3 Å². The topological polar surface area (TPSA) is 57.6 Å². The molecule has 1 fully saturated rings. The number of carboxylic acids is 1. The van der Waals surface area contributed by atoms with Gasteiger partial charge in [0, 0.05) is 17.8 Å². The Bertz CT molecular complexity index is 517. The Morgan fingerprint density at radius 2 is 2.24 bits per heavy atom. The standard InChI is InChI=1S/C15H20BrNO3S/c1-10-7-8-17(12(9-10)15(19)20)14(18)4-2-3-11-5-6-13(16)21-11/h5-6,10,12H,2-4,7-9H2,1H3,(H,19,20). The van der Waals surface area contributed by atoms with E-state index in [0.29, 0.717) is 25.3 Å². The zero-order valence-corrected chi connectivity index (χ0v) is 14.5. The van der Waals surface area contributed by atoms with E-state index in [9.17, 15) is 14.7 Å². The molecule has 1 saturated heterocycles. The van der Waals surface area contributed by atoms with Crippen molar-refractivity contribution in [2.45, 2.75) is 45.1 Å². The van der Waals surface area contributed by atoms with Gasteiger partial charge in [-0.1, -0.05) is 6.92 Å². The van der Waals surface area contributed by atoms with Crippen LogP contribution in [0, 0.1) is 5.92 Å². The minimum absolute atomic E-state index is 0.0232. The van der Waals surface area contributed by atoms with E-state index in [0.717, 1.165) is 23.0 Å². The Hall–Kier alpha value is -0.880. The molecule has 2 unspecified atom stereocenters. The van der Waals surface area contributed by atoms with E-state index in [1.165, 1.54) is 4.88 Å². The van der Waals surface area contributed by atoms with Crippen molar-refractivity contribution in [3.8, 4) is 0 Å². The molecule has 0 radical (unpaired) electrons. The van der Waals surface area contributed by atoms with Crippen molar-refractivity contribution in [1.29, 1.82) is 0 Å². The molecule has 0 bridgehead atoms. The maximum absolute atomic E-state index is 12.3. The first kappa shape index (κ1) is 16.5. The number of nitrogens with zero attached hydrogens (tertiary/aromatic N) is 1. The Kier molecular flexibility index (Phi) is 5.81. The maximum atomic E-state index is 12.3. The summed E-state index contributed by atoms with van der Waals surface area (Å²) in [5.41, 5.74) is 0. The average molecular weight is 374 g/mol. The summed E-state index contributed by atoms with van der Waals surface area (Å²) in [5, 5.41) is 9.28. The number of hydrogen-bond donors (Lipinski definition) is 1. The average Bonchev–Trinajstić information content (AvgIpc) is 2.84. The molecule has 1 amide bonds. The number of piperidine rings is 1.